The quantitative estimate of drug-likeness (QED) is 0.711. The minimum absolute atomic E-state index is 0.145. The Morgan fingerprint density at radius 1 is 1.18 bits per heavy atom. The SMILES string of the molecule is C/C(=C(F)\C=C(/C)F)c1ccccc(C)c1=O. The van der Waals surface area contributed by atoms with E-state index in [9.17, 15) is 13.6 Å². The summed E-state index contributed by atoms with van der Waals surface area (Å²) in [7, 11) is 0. The van der Waals surface area contributed by atoms with Crippen LogP contribution >= 0.6 is 0 Å². The van der Waals surface area contributed by atoms with Crippen LogP contribution in [0.2, 0.25) is 0 Å². The molecular formula is C14H14F2O. The Labute approximate surface area is 99.1 Å². The first-order chi connectivity index (χ1) is 7.93. The van der Waals surface area contributed by atoms with Gasteiger partial charge in [0.2, 0.25) is 0 Å². The van der Waals surface area contributed by atoms with Crippen LogP contribution < -0.4 is 5.43 Å². The largest absolute Gasteiger partial charge is 0.289 e. The van der Waals surface area contributed by atoms with Crippen molar-refractivity contribution in [1.29, 1.82) is 0 Å². The molecule has 0 fully saturated rings. The van der Waals surface area contributed by atoms with Crippen molar-refractivity contribution in [3.05, 3.63) is 63.3 Å². The summed E-state index contributed by atoms with van der Waals surface area (Å²) in [6, 6.07) is 6.56. The maximum Gasteiger partial charge on any atom is 0.189 e. The highest BCUT2D eigenvalue weighted by Crippen LogP contribution is 2.18. The fourth-order valence-electron chi connectivity index (χ4n) is 1.42. The summed E-state index contributed by atoms with van der Waals surface area (Å²) < 4.78 is 26.2. The second-order valence-electron chi connectivity index (χ2n) is 3.85. The maximum absolute atomic E-state index is 13.6. The van der Waals surface area contributed by atoms with Crippen molar-refractivity contribution in [1.82, 2.24) is 0 Å². The molecule has 0 bridgehead atoms. The molecule has 17 heavy (non-hydrogen) atoms. The lowest BCUT2D eigenvalue weighted by Gasteiger charge is -1.99. The summed E-state index contributed by atoms with van der Waals surface area (Å²) in [5.74, 6) is -1.36. The van der Waals surface area contributed by atoms with E-state index >= 15 is 0 Å². The average molecular weight is 236 g/mol. The van der Waals surface area contributed by atoms with Crippen LogP contribution in [0.15, 0.2) is 46.8 Å². The van der Waals surface area contributed by atoms with E-state index in [0.29, 0.717) is 5.56 Å². The third kappa shape index (κ3) is 3.34. The molecule has 0 aliphatic rings. The lowest BCUT2D eigenvalue weighted by Crippen LogP contribution is -2.07. The first-order valence-corrected chi connectivity index (χ1v) is 5.24. The molecule has 0 saturated heterocycles. The Balaban J connectivity index is 3.47. The standard InChI is InChI=1S/C14H14F2O/c1-9-6-4-5-7-12(14(9)17)11(3)13(16)8-10(2)15/h4-8H,1-3H3/b10-8+,13-11-. The zero-order valence-electron chi connectivity index (χ0n) is 10.1. The van der Waals surface area contributed by atoms with E-state index in [1.54, 1.807) is 25.1 Å². The zero-order valence-corrected chi connectivity index (χ0v) is 10.1. The number of hydrogen-bond acceptors (Lipinski definition) is 1. The smallest absolute Gasteiger partial charge is 0.189 e. The fourth-order valence-corrected chi connectivity index (χ4v) is 1.42. The summed E-state index contributed by atoms with van der Waals surface area (Å²) >= 11 is 0. The van der Waals surface area contributed by atoms with Gasteiger partial charge in [-0.15, -0.1) is 0 Å². The summed E-state index contributed by atoms with van der Waals surface area (Å²) in [5, 5.41) is 0. The molecule has 0 unspecified atom stereocenters. The van der Waals surface area contributed by atoms with Crippen LogP contribution in [-0.2, 0) is 0 Å². The van der Waals surface area contributed by atoms with Gasteiger partial charge in [-0.1, -0.05) is 24.3 Å². The van der Waals surface area contributed by atoms with Gasteiger partial charge in [0.15, 0.2) is 5.43 Å². The lowest BCUT2D eigenvalue weighted by atomic mass is 10.1. The van der Waals surface area contributed by atoms with E-state index in [-0.39, 0.29) is 16.6 Å². The van der Waals surface area contributed by atoms with Crippen molar-refractivity contribution >= 4 is 5.57 Å². The van der Waals surface area contributed by atoms with Crippen molar-refractivity contribution in [3.63, 3.8) is 0 Å². The predicted octanol–water partition coefficient (Wildman–Crippen LogP) is 3.93. The first kappa shape index (κ1) is 13.3. The molecule has 1 aromatic carbocycles. The highest BCUT2D eigenvalue weighted by Gasteiger charge is 2.07. The summed E-state index contributed by atoms with van der Waals surface area (Å²) in [6.45, 7) is 4.28. The van der Waals surface area contributed by atoms with Gasteiger partial charge in [0, 0.05) is 11.6 Å². The number of halogens is 2. The molecule has 0 aromatic heterocycles. The van der Waals surface area contributed by atoms with Crippen molar-refractivity contribution in [2.75, 3.05) is 0 Å². The molecule has 0 amide bonds. The molecule has 1 rings (SSSR count). The zero-order chi connectivity index (χ0) is 13.0. The molecule has 0 radical (unpaired) electrons. The number of aryl methyl sites for hydroxylation is 1. The summed E-state index contributed by atoms with van der Waals surface area (Å²) in [4.78, 5) is 11.9. The summed E-state index contributed by atoms with van der Waals surface area (Å²) in [6.07, 6.45) is 0.775. The molecule has 0 spiro atoms. The Morgan fingerprint density at radius 3 is 2.35 bits per heavy atom. The molecule has 0 atom stereocenters. The molecular weight excluding hydrogens is 222 g/mol. The van der Waals surface area contributed by atoms with Gasteiger partial charge in [-0.2, -0.15) is 0 Å². The molecule has 3 heteroatoms. The van der Waals surface area contributed by atoms with E-state index < -0.39 is 11.7 Å². The van der Waals surface area contributed by atoms with Crippen LogP contribution in [0.5, 0.6) is 0 Å². The van der Waals surface area contributed by atoms with Crippen molar-refractivity contribution in [3.8, 4) is 0 Å². The van der Waals surface area contributed by atoms with Crippen LogP contribution in [0.4, 0.5) is 8.78 Å². The number of allylic oxidation sites excluding steroid dienone is 4. The van der Waals surface area contributed by atoms with Crippen LogP contribution in [0, 0.1) is 6.92 Å². The highest BCUT2D eigenvalue weighted by molar-refractivity contribution is 5.67. The minimum atomic E-state index is -0.729. The molecule has 0 N–H and O–H groups in total. The maximum atomic E-state index is 13.6. The van der Waals surface area contributed by atoms with Crippen LogP contribution in [0.3, 0.4) is 0 Å². The average Bonchev–Trinajstić information content (AvgIpc) is 2.40. The van der Waals surface area contributed by atoms with Gasteiger partial charge in [0.05, 0.1) is 5.83 Å². The van der Waals surface area contributed by atoms with Crippen molar-refractivity contribution < 1.29 is 8.78 Å². The Morgan fingerprint density at radius 2 is 1.76 bits per heavy atom. The Kier molecular flexibility index (Phi) is 4.32. The van der Waals surface area contributed by atoms with Crippen molar-refractivity contribution in [2.24, 2.45) is 0 Å². The molecule has 1 aromatic rings. The van der Waals surface area contributed by atoms with E-state index in [2.05, 4.69) is 0 Å². The van der Waals surface area contributed by atoms with Gasteiger partial charge in [0.25, 0.3) is 0 Å². The van der Waals surface area contributed by atoms with Gasteiger partial charge in [0.1, 0.15) is 5.83 Å². The molecule has 0 heterocycles. The Bertz CT molecular complexity index is 538. The first-order valence-electron chi connectivity index (χ1n) is 5.24. The van der Waals surface area contributed by atoms with E-state index in [4.69, 9.17) is 0 Å². The molecule has 0 aliphatic heterocycles. The molecule has 0 aliphatic carbocycles. The normalized spacial score (nSPS) is 13.4. The molecule has 1 nitrogen and oxygen atoms in total. The highest BCUT2D eigenvalue weighted by atomic mass is 19.1. The van der Waals surface area contributed by atoms with Gasteiger partial charge in [-0.05, 0) is 31.9 Å². The minimum Gasteiger partial charge on any atom is -0.289 e. The summed E-state index contributed by atoms with van der Waals surface area (Å²) in [5.41, 5.74) is 0.680. The fraction of sp³-hybridized carbons (Fsp3) is 0.214. The van der Waals surface area contributed by atoms with Crippen LogP contribution in [-0.4, -0.2) is 0 Å². The van der Waals surface area contributed by atoms with E-state index in [1.807, 2.05) is 0 Å². The topological polar surface area (TPSA) is 17.1 Å². The van der Waals surface area contributed by atoms with Gasteiger partial charge < -0.3 is 0 Å². The van der Waals surface area contributed by atoms with E-state index in [0.717, 1.165) is 13.0 Å². The van der Waals surface area contributed by atoms with Gasteiger partial charge in [-0.3, -0.25) is 4.79 Å². The van der Waals surface area contributed by atoms with E-state index in [1.165, 1.54) is 13.0 Å². The van der Waals surface area contributed by atoms with Crippen LogP contribution in [0.1, 0.15) is 25.0 Å². The number of hydrogen-bond donors (Lipinski definition) is 0. The lowest BCUT2D eigenvalue weighted by molar-refractivity contribution is 0.615. The molecule has 90 valence electrons. The Hall–Kier alpha value is -1.77. The second-order valence-corrected chi connectivity index (χ2v) is 3.85. The predicted molar refractivity (Wildman–Crippen MR) is 66.0 cm³/mol. The van der Waals surface area contributed by atoms with Crippen molar-refractivity contribution in [2.45, 2.75) is 20.8 Å². The molecule has 0 saturated carbocycles. The third-order valence-electron chi connectivity index (χ3n) is 2.41. The van der Waals surface area contributed by atoms with Gasteiger partial charge in [-0.25, -0.2) is 8.78 Å². The number of rotatable bonds is 2. The monoisotopic (exact) mass is 236 g/mol. The van der Waals surface area contributed by atoms with Crippen LogP contribution in [0.25, 0.3) is 5.57 Å². The third-order valence-corrected chi connectivity index (χ3v) is 2.41. The second kappa shape index (κ2) is 5.53. The van der Waals surface area contributed by atoms with Gasteiger partial charge >= 0.3 is 0 Å².